The van der Waals surface area contributed by atoms with Gasteiger partial charge >= 0.3 is 6.18 Å². The zero-order valence-corrected chi connectivity index (χ0v) is 13.3. The third-order valence-corrected chi connectivity index (χ3v) is 4.37. The van der Waals surface area contributed by atoms with Crippen LogP contribution in [0.2, 0.25) is 0 Å². The lowest BCUT2D eigenvalue weighted by atomic mass is 10.2. The highest BCUT2D eigenvalue weighted by atomic mass is 32.2. The minimum atomic E-state index is -4.67. The Morgan fingerprint density at radius 3 is 2.42 bits per heavy atom. The predicted octanol–water partition coefficient (Wildman–Crippen LogP) is 1.65. The van der Waals surface area contributed by atoms with Gasteiger partial charge in [-0.25, -0.2) is 23.5 Å². The lowest BCUT2D eigenvalue weighted by Crippen LogP contribution is -2.32. The molecule has 0 saturated carbocycles. The number of halogens is 3. The molecule has 0 amide bonds. The molecule has 0 spiro atoms. The van der Waals surface area contributed by atoms with Crippen molar-refractivity contribution in [3.8, 4) is 11.4 Å². The molecular formula is C13H14F3N5O2S. The molecule has 7 nitrogen and oxygen atoms in total. The highest BCUT2D eigenvalue weighted by molar-refractivity contribution is 7.89. The summed E-state index contributed by atoms with van der Waals surface area (Å²) in [6, 6.07) is 3.64. The van der Waals surface area contributed by atoms with Gasteiger partial charge in [-0.2, -0.15) is 13.2 Å². The van der Waals surface area contributed by atoms with Crippen molar-refractivity contribution in [1.29, 1.82) is 0 Å². The fourth-order valence-corrected chi connectivity index (χ4v) is 1.99. The number of alkyl halides is 3. The number of hydrogen-bond acceptors (Lipinski definition) is 6. The van der Waals surface area contributed by atoms with Gasteiger partial charge in [-0.1, -0.05) is 0 Å². The second-order valence-corrected chi connectivity index (χ2v) is 6.96. The third-order valence-electron chi connectivity index (χ3n) is 3.09. The molecular weight excluding hydrogens is 347 g/mol. The molecule has 0 radical (unpaired) electrons. The van der Waals surface area contributed by atoms with E-state index in [1.165, 1.54) is 31.5 Å². The highest BCUT2D eigenvalue weighted by Crippen LogP contribution is 2.30. The van der Waals surface area contributed by atoms with Crippen LogP contribution < -0.4 is 10.5 Å². The first-order chi connectivity index (χ1) is 11.1. The largest absolute Gasteiger partial charge is 0.433 e. The van der Waals surface area contributed by atoms with Gasteiger partial charge in [0.25, 0.3) is 0 Å². The minimum absolute atomic E-state index is 0.153. The molecule has 2 heterocycles. The fourth-order valence-electron chi connectivity index (χ4n) is 1.68. The molecule has 0 aliphatic carbocycles. The van der Waals surface area contributed by atoms with Crippen molar-refractivity contribution in [1.82, 2.24) is 15.0 Å². The second-order valence-electron chi connectivity index (χ2n) is 4.98. The van der Waals surface area contributed by atoms with Gasteiger partial charge in [0, 0.05) is 30.6 Å². The van der Waals surface area contributed by atoms with Crippen LogP contribution >= 0.6 is 0 Å². The Hall–Kier alpha value is -2.27. The summed E-state index contributed by atoms with van der Waals surface area (Å²) >= 11 is 0. The van der Waals surface area contributed by atoms with Crippen LogP contribution in [0.25, 0.3) is 11.4 Å². The van der Waals surface area contributed by atoms with E-state index in [4.69, 9.17) is 5.14 Å². The SMILES string of the molecule is C[C@H](CNc1cc(C(F)(F)F)nc(-c2ccncc2)n1)S(N)(=O)=O. The van der Waals surface area contributed by atoms with Crippen LogP contribution in [0, 0.1) is 0 Å². The zero-order chi connectivity index (χ0) is 18.0. The van der Waals surface area contributed by atoms with Gasteiger partial charge in [0.1, 0.15) is 5.82 Å². The summed E-state index contributed by atoms with van der Waals surface area (Å²) in [7, 11) is -3.81. The van der Waals surface area contributed by atoms with Crippen LogP contribution in [0.3, 0.4) is 0 Å². The van der Waals surface area contributed by atoms with Crippen molar-refractivity contribution in [2.24, 2.45) is 5.14 Å². The van der Waals surface area contributed by atoms with E-state index in [2.05, 4.69) is 20.3 Å². The molecule has 0 fully saturated rings. The molecule has 24 heavy (non-hydrogen) atoms. The maximum absolute atomic E-state index is 13.0. The average Bonchev–Trinajstić information content (AvgIpc) is 2.51. The topological polar surface area (TPSA) is 111 Å². The summed E-state index contributed by atoms with van der Waals surface area (Å²) in [6.45, 7) is 1.14. The molecule has 2 aromatic rings. The quantitative estimate of drug-likeness (QED) is 0.838. The first-order valence-electron chi connectivity index (χ1n) is 6.69. The molecule has 0 aliphatic rings. The number of nitrogens with zero attached hydrogens (tertiary/aromatic N) is 3. The highest BCUT2D eigenvalue weighted by Gasteiger charge is 2.34. The van der Waals surface area contributed by atoms with Gasteiger partial charge in [-0.05, 0) is 19.1 Å². The molecule has 11 heteroatoms. The van der Waals surface area contributed by atoms with E-state index in [0.29, 0.717) is 11.6 Å². The molecule has 0 bridgehead atoms. The Balaban J connectivity index is 2.37. The molecule has 0 unspecified atom stereocenters. The number of nitrogens with one attached hydrogen (secondary N) is 1. The van der Waals surface area contributed by atoms with Gasteiger partial charge in [0.05, 0.1) is 5.25 Å². The molecule has 0 aliphatic heterocycles. The van der Waals surface area contributed by atoms with Crippen LogP contribution in [0.15, 0.2) is 30.6 Å². The number of pyridine rings is 1. The van der Waals surface area contributed by atoms with Gasteiger partial charge in [-0.15, -0.1) is 0 Å². The number of hydrogen-bond donors (Lipinski definition) is 2. The van der Waals surface area contributed by atoms with Crippen LogP contribution in [-0.2, 0) is 16.2 Å². The van der Waals surface area contributed by atoms with Crippen LogP contribution in [0.1, 0.15) is 12.6 Å². The molecule has 1 atom stereocenters. The van der Waals surface area contributed by atoms with Crippen LogP contribution in [0.5, 0.6) is 0 Å². The van der Waals surface area contributed by atoms with Crippen molar-refractivity contribution >= 4 is 15.8 Å². The maximum Gasteiger partial charge on any atom is 0.433 e. The Morgan fingerprint density at radius 2 is 1.88 bits per heavy atom. The lowest BCUT2D eigenvalue weighted by molar-refractivity contribution is -0.141. The van der Waals surface area contributed by atoms with Crippen molar-refractivity contribution in [3.05, 3.63) is 36.3 Å². The normalized spacial score (nSPS) is 13.5. The predicted molar refractivity (Wildman–Crippen MR) is 81.3 cm³/mol. The Labute approximate surface area is 136 Å². The van der Waals surface area contributed by atoms with Crippen molar-refractivity contribution in [2.75, 3.05) is 11.9 Å². The number of rotatable bonds is 5. The molecule has 0 aromatic carbocycles. The Bertz CT molecular complexity index is 812. The summed E-state index contributed by atoms with van der Waals surface area (Å²) < 4.78 is 61.4. The second kappa shape index (κ2) is 6.69. The average molecular weight is 361 g/mol. The van der Waals surface area contributed by atoms with Gasteiger partial charge < -0.3 is 5.32 Å². The summed E-state index contributed by atoms with van der Waals surface area (Å²) in [5.41, 5.74) is -0.797. The van der Waals surface area contributed by atoms with Crippen molar-refractivity contribution in [2.45, 2.75) is 18.3 Å². The van der Waals surface area contributed by atoms with Crippen molar-refractivity contribution in [3.63, 3.8) is 0 Å². The lowest BCUT2D eigenvalue weighted by Gasteiger charge is -2.14. The monoisotopic (exact) mass is 361 g/mol. The molecule has 130 valence electrons. The number of aromatic nitrogens is 3. The third kappa shape index (κ3) is 4.61. The smallest absolute Gasteiger partial charge is 0.369 e. The first kappa shape index (κ1) is 18.1. The van der Waals surface area contributed by atoms with E-state index < -0.39 is 27.1 Å². The van der Waals surface area contributed by atoms with E-state index in [0.717, 1.165) is 0 Å². The number of anilines is 1. The summed E-state index contributed by atoms with van der Waals surface area (Å²) in [6.07, 6.45) is -1.88. The number of primary sulfonamides is 1. The van der Waals surface area contributed by atoms with Crippen LogP contribution in [-0.4, -0.2) is 35.2 Å². The van der Waals surface area contributed by atoms with Crippen molar-refractivity contribution < 1.29 is 21.6 Å². The minimum Gasteiger partial charge on any atom is -0.369 e. The Morgan fingerprint density at radius 1 is 1.25 bits per heavy atom. The van der Waals surface area contributed by atoms with E-state index in [1.807, 2.05) is 0 Å². The molecule has 2 rings (SSSR count). The summed E-state index contributed by atoms with van der Waals surface area (Å²) in [5, 5.41) is 6.53. The van der Waals surface area contributed by atoms with E-state index in [1.54, 1.807) is 0 Å². The maximum atomic E-state index is 13.0. The Kier molecular flexibility index (Phi) is 5.04. The van der Waals surface area contributed by atoms with Gasteiger partial charge in [0.2, 0.25) is 10.0 Å². The molecule has 0 saturated heterocycles. The molecule has 3 N–H and O–H groups in total. The summed E-state index contributed by atoms with van der Waals surface area (Å²) in [4.78, 5) is 11.3. The molecule has 2 aromatic heterocycles. The standard InChI is InChI=1S/C13H14F3N5O2S/c1-8(24(17,22)23)7-19-11-6-10(13(14,15)16)20-12(21-11)9-2-4-18-5-3-9/h2-6,8H,7H2,1H3,(H2,17,22,23)(H,19,20,21)/t8-/m1/s1. The van der Waals surface area contributed by atoms with Crippen LogP contribution in [0.4, 0.5) is 19.0 Å². The number of sulfonamides is 1. The van der Waals surface area contributed by atoms with E-state index in [-0.39, 0.29) is 18.2 Å². The first-order valence-corrected chi connectivity index (χ1v) is 8.30. The number of nitrogens with two attached hydrogens (primary N) is 1. The fraction of sp³-hybridized carbons (Fsp3) is 0.308. The van der Waals surface area contributed by atoms with Gasteiger partial charge in [-0.3, -0.25) is 4.98 Å². The summed E-state index contributed by atoms with van der Waals surface area (Å²) in [5.74, 6) is -0.308. The van der Waals surface area contributed by atoms with E-state index >= 15 is 0 Å². The van der Waals surface area contributed by atoms with E-state index in [9.17, 15) is 21.6 Å². The van der Waals surface area contributed by atoms with Gasteiger partial charge in [0.15, 0.2) is 11.5 Å². The zero-order valence-electron chi connectivity index (χ0n) is 12.4.